The molecule has 0 aromatic carbocycles. The average Bonchev–Trinajstić information content (AvgIpc) is 3.35. The van der Waals surface area contributed by atoms with Gasteiger partial charge in [0.2, 0.25) is 5.91 Å². The normalized spacial score (nSPS) is 19.5. The van der Waals surface area contributed by atoms with E-state index in [-0.39, 0.29) is 48.8 Å². The number of rotatable bonds is 9. The van der Waals surface area contributed by atoms with E-state index in [0.29, 0.717) is 18.5 Å². The second kappa shape index (κ2) is 9.69. The third-order valence-corrected chi connectivity index (χ3v) is 5.00. The molecule has 12 heteroatoms. The molecule has 3 atom stereocenters. The van der Waals surface area contributed by atoms with Crippen molar-refractivity contribution in [3.63, 3.8) is 0 Å². The largest absolute Gasteiger partial charge is 0.480 e. The Balaban J connectivity index is 1.43. The number of carboxylic acids is 1. The first-order valence-electron chi connectivity index (χ1n) is 9.99. The molecule has 0 aliphatic carbocycles. The number of esters is 1. The topological polar surface area (TPSA) is 165 Å². The maximum absolute atomic E-state index is 11.9. The van der Waals surface area contributed by atoms with Gasteiger partial charge in [0.15, 0.2) is 11.2 Å². The minimum absolute atomic E-state index is 0.0291. The van der Waals surface area contributed by atoms with E-state index in [4.69, 9.17) is 14.6 Å². The molecule has 0 radical (unpaired) electrons. The summed E-state index contributed by atoms with van der Waals surface area (Å²) in [4.78, 5) is 57.4. The standard InChI is InChI=1S/C19H25N5O7/c1-10(2)15(19(28)29)23-12(25)4-6-14(26)30-7-11-3-5-13(31-11)24-9-22-16-17(24)20-8-21-18(16)27/h8-11,13,15H,3-7H2,1-2H3,(H,23,25)(H,28,29)(H,20,21,27). The third kappa shape index (κ3) is 5.45. The zero-order valence-electron chi connectivity index (χ0n) is 17.2. The van der Waals surface area contributed by atoms with E-state index in [1.807, 2.05) is 0 Å². The number of fused-ring (bicyclic) bond motifs is 1. The number of carboxylic acid groups (broad SMARTS) is 1. The van der Waals surface area contributed by atoms with Gasteiger partial charge in [0.1, 0.15) is 18.9 Å². The van der Waals surface area contributed by atoms with Gasteiger partial charge in [-0.3, -0.25) is 19.0 Å². The molecule has 168 valence electrons. The number of H-pyrrole nitrogens is 1. The average molecular weight is 435 g/mol. The van der Waals surface area contributed by atoms with Crippen LogP contribution in [0.15, 0.2) is 17.4 Å². The Labute approximate surface area is 177 Å². The van der Waals surface area contributed by atoms with E-state index in [1.165, 1.54) is 12.7 Å². The van der Waals surface area contributed by atoms with Crippen LogP contribution in [0.5, 0.6) is 0 Å². The van der Waals surface area contributed by atoms with Crippen LogP contribution >= 0.6 is 0 Å². The Hall–Kier alpha value is -3.28. The Bertz CT molecular complexity index is 1010. The molecule has 0 bridgehead atoms. The highest BCUT2D eigenvalue weighted by atomic mass is 16.6. The molecular weight excluding hydrogens is 410 g/mol. The van der Waals surface area contributed by atoms with Crippen molar-refractivity contribution in [1.82, 2.24) is 24.8 Å². The molecule has 3 unspecified atom stereocenters. The van der Waals surface area contributed by atoms with Crippen LogP contribution in [0.1, 0.15) is 45.8 Å². The number of hydrogen-bond acceptors (Lipinski definition) is 8. The minimum Gasteiger partial charge on any atom is -0.480 e. The van der Waals surface area contributed by atoms with Gasteiger partial charge in [-0.2, -0.15) is 0 Å². The zero-order chi connectivity index (χ0) is 22.5. The maximum Gasteiger partial charge on any atom is 0.326 e. The van der Waals surface area contributed by atoms with E-state index in [9.17, 15) is 19.2 Å². The predicted octanol–water partition coefficient (Wildman–Crippen LogP) is 0.346. The van der Waals surface area contributed by atoms with Crippen molar-refractivity contribution in [2.45, 2.75) is 57.9 Å². The molecule has 1 amide bonds. The Morgan fingerprint density at radius 1 is 1.32 bits per heavy atom. The number of aromatic nitrogens is 4. The lowest BCUT2D eigenvalue weighted by Crippen LogP contribution is -2.44. The lowest BCUT2D eigenvalue weighted by Gasteiger charge is -2.18. The second-order valence-electron chi connectivity index (χ2n) is 7.66. The van der Waals surface area contributed by atoms with Crippen molar-refractivity contribution in [2.24, 2.45) is 5.92 Å². The third-order valence-electron chi connectivity index (χ3n) is 5.00. The summed E-state index contributed by atoms with van der Waals surface area (Å²) in [5, 5.41) is 11.5. The van der Waals surface area contributed by atoms with Crippen molar-refractivity contribution in [1.29, 1.82) is 0 Å². The quantitative estimate of drug-likeness (QED) is 0.471. The summed E-state index contributed by atoms with van der Waals surface area (Å²) in [5.74, 6) is -2.49. The number of aliphatic carboxylic acids is 1. The second-order valence-corrected chi connectivity index (χ2v) is 7.66. The van der Waals surface area contributed by atoms with Crippen molar-refractivity contribution in [3.8, 4) is 0 Å². The van der Waals surface area contributed by atoms with Crippen LogP contribution in [0.4, 0.5) is 0 Å². The van der Waals surface area contributed by atoms with Gasteiger partial charge >= 0.3 is 11.9 Å². The Morgan fingerprint density at radius 3 is 2.81 bits per heavy atom. The van der Waals surface area contributed by atoms with E-state index in [0.717, 1.165) is 0 Å². The van der Waals surface area contributed by atoms with Gasteiger partial charge in [0, 0.05) is 6.42 Å². The fourth-order valence-electron chi connectivity index (χ4n) is 3.32. The van der Waals surface area contributed by atoms with Gasteiger partial charge < -0.3 is 24.9 Å². The summed E-state index contributed by atoms with van der Waals surface area (Å²) in [6.45, 7) is 3.40. The molecule has 1 fully saturated rings. The van der Waals surface area contributed by atoms with Crippen LogP contribution in [0.2, 0.25) is 0 Å². The predicted molar refractivity (Wildman–Crippen MR) is 106 cm³/mol. The van der Waals surface area contributed by atoms with Crippen LogP contribution in [0, 0.1) is 5.92 Å². The number of ether oxygens (including phenoxy) is 2. The minimum atomic E-state index is -1.12. The highest BCUT2D eigenvalue weighted by molar-refractivity contribution is 5.85. The molecule has 0 spiro atoms. The molecule has 1 aliphatic heterocycles. The molecular formula is C19H25N5O7. The van der Waals surface area contributed by atoms with Crippen LogP contribution < -0.4 is 10.9 Å². The molecule has 3 heterocycles. The summed E-state index contributed by atoms with van der Waals surface area (Å²) in [6, 6.07) is -1.00. The van der Waals surface area contributed by atoms with Gasteiger partial charge in [-0.1, -0.05) is 13.8 Å². The summed E-state index contributed by atoms with van der Waals surface area (Å²) in [5.41, 5.74) is 0.305. The monoisotopic (exact) mass is 435 g/mol. The number of hydrogen-bond donors (Lipinski definition) is 3. The molecule has 0 saturated carbocycles. The van der Waals surface area contributed by atoms with Gasteiger partial charge in [-0.25, -0.2) is 14.8 Å². The Kier molecular flexibility index (Phi) is 7.00. The number of nitrogens with one attached hydrogen (secondary N) is 2. The number of nitrogens with zero attached hydrogens (tertiary/aromatic N) is 3. The van der Waals surface area contributed by atoms with Crippen molar-refractivity contribution >= 4 is 29.0 Å². The van der Waals surface area contributed by atoms with E-state index in [2.05, 4.69) is 20.3 Å². The van der Waals surface area contributed by atoms with Crippen molar-refractivity contribution < 1.29 is 29.0 Å². The van der Waals surface area contributed by atoms with Crippen LogP contribution in [0.3, 0.4) is 0 Å². The first kappa shape index (κ1) is 22.4. The van der Waals surface area contributed by atoms with Gasteiger partial charge in [0.05, 0.1) is 25.2 Å². The highest BCUT2D eigenvalue weighted by Gasteiger charge is 2.29. The fraction of sp³-hybridized carbons (Fsp3) is 0.579. The molecule has 2 aromatic heterocycles. The van der Waals surface area contributed by atoms with Crippen molar-refractivity contribution in [2.75, 3.05) is 6.61 Å². The van der Waals surface area contributed by atoms with Gasteiger partial charge in [0.25, 0.3) is 5.56 Å². The highest BCUT2D eigenvalue weighted by Crippen LogP contribution is 2.30. The van der Waals surface area contributed by atoms with Gasteiger partial charge in [-0.15, -0.1) is 0 Å². The van der Waals surface area contributed by atoms with Crippen molar-refractivity contribution in [3.05, 3.63) is 23.0 Å². The summed E-state index contributed by atoms with van der Waals surface area (Å²) in [7, 11) is 0. The number of aromatic amines is 1. The van der Waals surface area contributed by atoms with Crippen LogP contribution in [0.25, 0.3) is 11.2 Å². The summed E-state index contributed by atoms with van der Waals surface area (Å²) < 4.78 is 12.7. The Morgan fingerprint density at radius 2 is 2.10 bits per heavy atom. The molecule has 1 saturated heterocycles. The smallest absolute Gasteiger partial charge is 0.326 e. The van der Waals surface area contributed by atoms with Crippen LogP contribution in [-0.2, 0) is 23.9 Å². The van der Waals surface area contributed by atoms with Gasteiger partial charge in [-0.05, 0) is 18.8 Å². The molecule has 12 nitrogen and oxygen atoms in total. The number of carbonyl (C=O) groups excluding carboxylic acids is 2. The number of imidazole rings is 1. The first-order valence-corrected chi connectivity index (χ1v) is 9.99. The zero-order valence-corrected chi connectivity index (χ0v) is 17.2. The SMILES string of the molecule is CC(C)C(NC(=O)CCC(=O)OCC1CCC(n2cnc3c(=O)[nH]cnc32)O1)C(=O)O. The maximum atomic E-state index is 11.9. The molecule has 2 aromatic rings. The van der Waals surface area contributed by atoms with E-state index in [1.54, 1.807) is 18.4 Å². The van der Waals surface area contributed by atoms with E-state index < -0.39 is 23.9 Å². The van der Waals surface area contributed by atoms with Crippen LogP contribution in [-0.4, -0.2) is 61.2 Å². The molecule has 3 rings (SSSR count). The lowest BCUT2D eigenvalue weighted by atomic mass is 10.0. The first-order chi connectivity index (χ1) is 14.8. The molecule has 1 aliphatic rings. The summed E-state index contributed by atoms with van der Waals surface area (Å²) >= 11 is 0. The number of carbonyl (C=O) groups is 3. The molecule has 3 N–H and O–H groups in total. The summed E-state index contributed by atoms with van der Waals surface area (Å²) in [6.07, 6.45) is 3.03. The van der Waals surface area contributed by atoms with E-state index >= 15 is 0 Å². The fourth-order valence-corrected chi connectivity index (χ4v) is 3.32. The molecule has 31 heavy (non-hydrogen) atoms. The lowest BCUT2D eigenvalue weighted by molar-refractivity contribution is -0.149. The number of amides is 1.